The van der Waals surface area contributed by atoms with Crippen LogP contribution in [0.4, 0.5) is 0 Å². The van der Waals surface area contributed by atoms with Crippen molar-refractivity contribution in [2.45, 2.75) is 13.8 Å². The van der Waals surface area contributed by atoms with Gasteiger partial charge in [0, 0.05) is 19.5 Å². The van der Waals surface area contributed by atoms with Crippen molar-refractivity contribution in [2.24, 2.45) is 10.6 Å². The second-order valence-corrected chi connectivity index (χ2v) is 3.71. The molecule has 0 saturated carbocycles. The molecule has 1 rings (SSSR count). The maximum Gasteiger partial charge on any atom is 0.161 e. The smallest absolute Gasteiger partial charge is 0.161 e. The molecule has 0 spiro atoms. The molecule has 0 bridgehead atoms. The molecule has 1 heterocycles. The summed E-state index contributed by atoms with van der Waals surface area (Å²) in [7, 11) is 1.62. The lowest BCUT2D eigenvalue weighted by molar-refractivity contribution is 0.137. The predicted octanol–water partition coefficient (Wildman–Crippen LogP) is 1.19. The van der Waals surface area contributed by atoms with Gasteiger partial charge in [-0.25, -0.2) is 4.98 Å². The predicted molar refractivity (Wildman–Crippen MR) is 52.5 cm³/mol. The number of hydrogen-bond acceptors (Lipinski definition) is 4. The molecule has 0 amide bonds. The van der Waals surface area contributed by atoms with Gasteiger partial charge >= 0.3 is 0 Å². The summed E-state index contributed by atoms with van der Waals surface area (Å²) >= 11 is 0. The van der Waals surface area contributed by atoms with Crippen LogP contribution in [0.5, 0.6) is 0 Å². The van der Waals surface area contributed by atoms with Crippen LogP contribution in [0.2, 0.25) is 0 Å². The Morgan fingerprint density at radius 2 is 2.36 bits per heavy atom. The average Bonchev–Trinajstić information content (AvgIpc) is 2.57. The van der Waals surface area contributed by atoms with E-state index in [0.717, 1.165) is 0 Å². The van der Waals surface area contributed by atoms with Crippen LogP contribution in [-0.2, 0) is 4.74 Å². The molecule has 0 aliphatic heterocycles. The van der Waals surface area contributed by atoms with Gasteiger partial charge in [-0.15, -0.1) is 0 Å². The Morgan fingerprint density at radius 1 is 1.64 bits per heavy atom. The lowest BCUT2D eigenvalue weighted by Gasteiger charge is -2.24. The Labute approximate surface area is 83.0 Å². The molecule has 0 fully saturated rings. The first-order valence-corrected chi connectivity index (χ1v) is 4.31. The first-order valence-electron chi connectivity index (χ1n) is 4.31. The molecule has 0 atom stereocenters. The molecule has 0 aromatic carbocycles. The summed E-state index contributed by atoms with van der Waals surface area (Å²) in [6.07, 6.45) is 4.95. The molecule has 0 unspecified atom stereocenters. The van der Waals surface area contributed by atoms with Crippen LogP contribution in [0.1, 0.15) is 13.8 Å². The van der Waals surface area contributed by atoms with E-state index in [1.165, 1.54) is 0 Å². The summed E-state index contributed by atoms with van der Waals surface area (Å²) in [6.45, 7) is 4.35. The topological polar surface area (TPSA) is 59.6 Å². The molecule has 0 saturated heterocycles. The highest BCUT2D eigenvalue weighted by Crippen LogP contribution is 2.19. The van der Waals surface area contributed by atoms with E-state index < -0.39 is 0 Å². The minimum absolute atomic E-state index is 0.357. The Morgan fingerprint density at radius 3 is 2.79 bits per heavy atom. The third kappa shape index (κ3) is 2.11. The fourth-order valence-electron chi connectivity index (χ4n) is 1.35. The number of nitrogens with zero attached hydrogens (tertiary/aromatic N) is 3. The maximum atomic E-state index is 8.94. The van der Waals surface area contributed by atoms with Gasteiger partial charge in [0.2, 0.25) is 0 Å². The molecule has 1 N–H and O–H groups in total. The van der Waals surface area contributed by atoms with Crippen molar-refractivity contribution in [3.05, 3.63) is 18.7 Å². The fraction of sp³-hybridized carbons (Fsp3) is 0.556. The largest absolute Gasteiger partial charge is 0.409 e. The Bertz CT molecular complexity index is 304. The lowest BCUT2D eigenvalue weighted by Crippen LogP contribution is -2.34. The Kier molecular flexibility index (Phi) is 3.24. The Balaban J connectivity index is 2.94. The first kappa shape index (κ1) is 10.7. The number of aromatic nitrogens is 2. The highest BCUT2D eigenvalue weighted by molar-refractivity contribution is 5.89. The highest BCUT2D eigenvalue weighted by Gasteiger charge is 2.27. The van der Waals surface area contributed by atoms with Crippen LogP contribution >= 0.6 is 0 Å². The van der Waals surface area contributed by atoms with Crippen LogP contribution < -0.4 is 0 Å². The monoisotopic (exact) mass is 197 g/mol. The van der Waals surface area contributed by atoms with Crippen LogP contribution in [0.25, 0.3) is 0 Å². The van der Waals surface area contributed by atoms with Gasteiger partial charge in [-0.05, 0) is 0 Å². The number of oxime groups is 1. The number of ether oxygens (including phenoxy) is 1. The molecule has 0 aliphatic carbocycles. The van der Waals surface area contributed by atoms with Crippen molar-refractivity contribution in [3.8, 4) is 0 Å². The van der Waals surface area contributed by atoms with E-state index in [9.17, 15) is 0 Å². The van der Waals surface area contributed by atoms with Gasteiger partial charge in [-0.2, -0.15) is 0 Å². The lowest BCUT2D eigenvalue weighted by atomic mass is 9.93. The molecule has 0 aliphatic rings. The van der Waals surface area contributed by atoms with Crippen molar-refractivity contribution in [3.63, 3.8) is 0 Å². The molecular formula is C9H15N3O2. The highest BCUT2D eigenvalue weighted by atomic mass is 16.5. The molecular weight excluding hydrogens is 182 g/mol. The summed E-state index contributed by atoms with van der Waals surface area (Å²) in [5.74, 6) is 0.511. The van der Waals surface area contributed by atoms with Gasteiger partial charge in [0.25, 0.3) is 0 Å². The summed E-state index contributed by atoms with van der Waals surface area (Å²) in [6, 6.07) is 0. The van der Waals surface area contributed by atoms with Crippen LogP contribution in [0.3, 0.4) is 0 Å². The van der Waals surface area contributed by atoms with E-state index in [0.29, 0.717) is 12.4 Å². The minimum atomic E-state index is -0.357. The van der Waals surface area contributed by atoms with Crippen LogP contribution in [0, 0.1) is 5.41 Å². The molecule has 78 valence electrons. The fourth-order valence-corrected chi connectivity index (χ4v) is 1.35. The number of hydrogen-bond donors (Lipinski definition) is 1. The number of imidazole rings is 1. The van der Waals surface area contributed by atoms with E-state index in [1.54, 1.807) is 30.4 Å². The summed E-state index contributed by atoms with van der Waals surface area (Å²) in [5.41, 5.74) is -0.357. The van der Waals surface area contributed by atoms with E-state index >= 15 is 0 Å². The zero-order chi connectivity index (χ0) is 10.6. The second-order valence-electron chi connectivity index (χ2n) is 3.71. The van der Waals surface area contributed by atoms with Gasteiger partial charge in [0.1, 0.15) is 6.33 Å². The molecule has 5 nitrogen and oxygen atoms in total. The van der Waals surface area contributed by atoms with Crippen molar-refractivity contribution in [2.75, 3.05) is 13.7 Å². The molecule has 1 aromatic rings. The summed E-state index contributed by atoms with van der Waals surface area (Å²) in [4.78, 5) is 3.89. The van der Waals surface area contributed by atoms with Gasteiger partial charge < -0.3 is 9.94 Å². The molecule has 5 heteroatoms. The van der Waals surface area contributed by atoms with Crippen molar-refractivity contribution < 1.29 is 9.94 Å². The van der Waals surface area contributed by atoms with Gasteiger partial charge in [-0.1, -0.05) is 19.0 Å². The van der Waals surface area contributed by atoms with E-state index in [4.69, 9.17) is 9.94 Å². The summed E-state index contributed by atoms with van der Waals surface area (Å²) in [5, 5.41) is 12.2. The van der Waals surface area contributed by atoms with Crippen molar-refractivity contribution in [1.29, 1.82) is 0 Å². The standard InChI is InChI=1S/C9H15N3O2/c1-9(2,6-14-3)8(11-13)12-5-4-10-7-12/h4-5,7,13H,6H2,1-3H3. The average molecular weight is 197 g/mol. The zero-order valence-electron chi connectivity index (χ0n) is 8.64. The van der Waals surface area contributed by atoms with E-state index in [1.807, 2.05) is 13.8 Å². The normalized spacial score (nSPS) is 13.2. The van der Waals surface area contributed by atoms with Crippen LogP contribution in [0.15, 0.2) is 23.9 Å². The second kappa shape index (κ2) is 4.23. The molecule has 1 aromatic heterocycles. The number of methoxy groups -OCH3 is 1. The zero-order valence-corrected chi connectivity index (χ0v) is 8.64. The quantitative estimate of drug-likeness (QED) is 0.343. The van der Waals surface area contributed by atoms with Gasteiger partial charge in [0.05, 0.1) is 12.0 Å². The van der Waals surface area contributed by atoms with Gasteiger partial charge in [0.15, 0.2) is 5.84 Å². The third-order valence-corrected chi connectivity index (χ3v) is 1.95. The SMILES string of the molecule is COCC(C)(C)C(=NO)n1ccnc1. The van der Waals surface area contributed by atoms with E-state index in [2.05, 4.69) is 10.1 Å². The van der Waals surface area contributed by atoms with Crippen molar-refractivity contribution >= 4 is 5.84 Å². The third-order valence-electron chi connectivity index (χ3n) is 1.95. The first-order chi connectivity index (χ1) is 6.61. The summed E-state index contributed by atoms with van der Waals surface area (Å²) < 4.78 is 6.73. The van der Waals surface area contributed by atoms with Crippen LogP contribution in [-0.4, -0.2) is 34.3 Å². The Hall–Kier alpha value is -1.36. The molecule has 14 heavy (non-hydrogen) atoms. The minimum Gasteiger partial charge on any atom is -0.409 e. The maximum absolute atomic E-state index is 8.94. The van der Waals surface area contributed by atoms with Crippen molar-refractivity contribution in [1.82, 2.24) is 9.55 Å². The number of rotatable bonds is 3. The van der Waals surface area contributed by atoms with E-state index in [-0.39, 0.29) is 5.41 Å². The van der Waals surface area contributed by atoms with Gasteiger partial charge in [-0.3, -0.25) is 4.57 Å². The molecule has 0 radical (unpaired) electrons.